The largest absolute Gasteiger partial charge is 0.493 e. The van der Waals surface area contributed by atoms with Crippen molar-refractivity contribution < 1.29 is 31.4 Å². The number of aromatic nitrogens is 1. The Morgan fingerprint density at radius 1 is 1.27 bits per heavy atom. The molecule has 3 rings (SSSR count). The van der Waals surface area contributed by atoms with Gasteiger partial charge in [-0.3, -0.25) is 0 Å². The summed E-state index contributed by atoms with van der Waals surface area (Å²) in [6, 6.07) is 5.42. The summed E-state index contributed by atoms with van der Waals surface area (Å²) in [5, 5.41) is 2.88. The molecule has 1 atom stereocenters. The molecule has 0 saturated carbocycles. The van der Waals surface area contributed by atoms with Crippen LogP contribution in [-0.2, 0) is 6.18 Å². The summed E-state index contributed by atoms with van der Waals surface area (Å²) in [7, 11) is 0. The van der Waals surface area contributed by atoms with E-state index in [-0.39, 0.29) is 11.9 Å². The Kier molecular flexibility index (Phi) is 5.22. The van der Waals surface area contributed by atoms with Crippen LogP contribution in [0.15, 0.2) is 34.9 Å². The van der Waals surface area contributed by atoms with Crippen molar-refractivity contribution in [2.75, 3.05) is 11.9 Å². The van der Waals surface area contributed by atoms with Gasteiger partial charge in [-0.25, -0.2) is 4.98 Å². The average Bonchev–Trinajstić information content (AvgIpc) is 2.55. The molecule has 1 aromatic heterocycles. The molecule has 1 aliphatic heterocycles. The highest BCUT2D eigenvalue weighted by Crippen LogP contribution is 2.39. The number of hydrogen-bond acceptors (Lipinski definition) is 4. The first-order chi connectivity index (χ1) is 12.2. The molecule has 26 heavy (non-hydrogen) atoms. The predicted octanol–water partition coefficient (Wildman–Crippen LogP) is 5.40. The molecule has 0 spiro atoms. The molecular formula is C16H12BrF5N2O2. The van der Waals surface area contributed by atoms with Crippen molar-refractivity contribution >= 4 is 21.7 Å². The summed E-state index contributed by atoms with van der Waals surface area (Å²) in [6.07, 6.45) is -3.67. The molecule has 0 bridgehead atoms. The second-order valence-corrected chi connectivity index (χ2v) is 6.38. The molecule has 10 heteroatoms. The first kappa shape index (κ1) is 18.7. The molecule has 1 N–H and O–H groups in total. The van der Waals surface area contributed by atoms with Gasteiger partial charge < -0.3 is 14.8 Å². The molecule has 2 aromatic rings. The molecule has 0 radical (unpaired) electrons. The molecule has 0 aliphatic carbocycles. The Bertz CT molecular complexity index is 801. The van der Waals surface area contributed by atoms with E-state index in [0.717, 1.165) is 10.0 Å². The maximum Gasteiger partial charge on any atom is 0.418 e. The Morgan fingerprint density at radius 3 is 2.73 bits per heavy atom. The van der Waals surface area contributed by atoms with E-state index in [1.54, 1.807) is 18.2 Å². The number of rotatable bonds is 4. The number of alkyl halides is 5. The third-order valence-electron chi connectivity index (χ3n) is 3.72. The quantitative estimate of drug-likeness (QED) is 0.649. The third kappa shape index (κ3) is 4.17. The van der Waals surface area contributed by atoms with Crippen molar-refractivity contribution in [2.45, 2.75) is 25.3 Å². The van der Waals surface area contributed by atoms with Crippen molar-refractivity contribution in [3.63, 3.8) is 0 Å². The maximum atomic E-state index is 12.8. The van der Waals surface area contributed by atoms with E-state index in [1.165, 1.54) is 0 Å². The fourth-order valence-corrected chi connectivity index (χ4v) is 2.91. The van der Waals surface area contributed by atoms with Gasteiger partial charge in [0.15, 0.2) is 11.6 Å². The second kappa shape index (κ2) is 7.26. The van der Waals surface area contributed by atoms with Crippen LogP contribution in [0.1, 0.15) is 23.6 Å². The van der Waals surface area contributed by atoms with E-state index in [9.17, 15) is 22.0 Å². The molecule has 2 heterocycles. The van der Waals surface area contributed by atoms with Crippen LogP contribution < -0.4 is 14.8 Å². The standard InChI is InChI=1S/C16H12BrF5N2O2/c17-9-1-2-10-11(3-4-25-12(10)6-9)24-14-13(26-15(18)19)5-8(7-23-14)16(20,21)22/h1-2,5-7,11,15H,3-4H2,(H,23,24). The zero-order valence-corrected chi connectivity index (χ0v) is 14.6. The van der Waals surface area contributed by atoms with E-state index in [4.69, 9.17) is 4.74 Å². The predicted molar refractivity (Wildman–Crippen MR) is 86.5 cm³/mol. The number of nitrogens with zero attached hydrogens (tertiary/aromatic N) is 1. The third-order valence-corrected chi connectivity index (χ3v) is 4.22. The van der Waals surface area contributed by atoms with Crippen LogP contribution in [0, 0.1) is 0 Å². The highest BCUT2D eigenvalue weighted by atomic mass is 79.9. The molecule has 0 amide bonds. The van der Waals surface area contributed by atoms with Gasteiger partial charge in [0, 0.05) is 22.7 Å². The smallest absolute Gasteiger partial charge is 0.418 e. The number of fused-ring (bicyclic) bond motifs is 1. The van der Waals surface area contributed by atoms with Crippen molar-refractivity contribution in [3.05, 3.63) is 46.1 Å². The van der Waals surface area contributed by atoms with Crippen LogP contribution >= 0.6 is 15.9 Å². The van der Waals surface area contributed by atoms with E-state index < -0.39 is 24.1 Å². The molecule has 140 valence electrons. The summed E-state index contributed by atoms with van der Waals surface area (Å²) in [5.74, 6) is -0.273. The summed E-state index contributed by atoms with van der Waals surface area (Å²) in [6.45, 7) is -2.92. The monoisotopic (exact) mass is 438 g/mol. The SMILES string of the molecule is FC(F)Oc1cc(C(F)(F)F)cnc1NC1CCOc2cc(Br)ccc21. The summed E-state index contributed by atoms with van der Waals surface area (Å²) in [4.78, 5) is 3.64. The normalized spacial score (nSPS) is 16.8. The van der Waals surface area contributed by atoms with Crippen molar-refractivity contribution in [2.24, 2.45) is 0 Å². The molecule has 1 aromatic carbocycles. The average molecular weight is 439 g/mol. The van der Waals surface area contributed by atoms with Crippen LogP contribution in [0.25, 0.3) is 0 Å². The Balaban J connectivity index is 1.93. The molecule has 1 aliphatic rings. The van der Waals surface area contributed by atoms with E-state index in [1.807, 2.05) is 0 Å². The van der Waals surface area contributed by atoms with Gasteiger partial charge in [0.25, 0.3) is 0 Å². The maximum absolute atomic E-state index is 12.8. The number of ether oxygens (including phenoxy) is 2. The number of halogens is 6. The van der Waals surface area contributed by atoms with Gasteiger partial charge in [-0.05, 0) is 18.2 Å². The number of nitrogens with one attached hydrogen (secondary N) is 1. The molecular weight excluding hydrogens is 427 g/mol. The lowest BCUT2D eigenvalue weighted by molar-refractivity contribution is -0.138. The van der Waals surface area contributed by atoms with Crippen LogP contribution in [0.4, 0.5) is 27.8 Å². The Labute approximate surface area is 153 Å². The lowest BCUT2D eigenvalue weighted by atomic mass is 10.0. The topological polar surface area (TPSA) is 43.4 Å². The van der Waals surface area contributed by atoms with E-state index >= 15 is 0 Å². The minimum Gasteiger partial charge on any atom is -0.493 e. The fraction of sp³-hybridized carbons (Fsp3) is 0.312. The zero-order chi connectivity index (χ0) is 18.9. The van der Waals surface area contributed by atoms with E-state index in [0.29, 0.717) is 31.0 Å². The number of pyridine rings is 1. The van der Waals surface area contributed by atoms with Crippen LogP contribution in [-0.4, -0.2) is 18.2 Å². The highest BCUT2D eigenvalue weighted by Gasteiger charge is 2.33. The Morgan fingerprint density at radius 2 is 2.04 bits per heavy atom. The molecule has 1 unspecified atom stereocenters. The van der Waals surface area contributed by atoms with Gasteiger partial charge in [0.1, 0.15) is 5.75 Å². The lowest BCUT2D eigenvalue weighted by Gasteiger charge is -2.28. The van der Waals surface area contributed by atoms with Gasteiger partial charge in [0.2, 0.25) is 0 Å². The number of hydrogen-bond donors (Lipinski definition) is 1. The van der Waals surface area contributed by atoms with Gasteiger partial charge in [-0.1, -0.05) is 22.0 Å². The summed E-state index contributed by atoms with van der Waals surface area (Å²) in [5.41, 5.74) is -0.431. The van der Waals surface area contributed by atoms with Crippen LogP contribution in [0.5, 0.6) is 11.5 Å². The van der Waals surface area contributed by atoms with Gasteiger partial charge in [-0.2, -0.15) is 22.0 Å². The fourth-order valence-electron chi connectivity index (χ4n) is 2.57. The summed E-state index contributed by atoms with van der Waals surface area (Å²) >= 11 is 3.32. The van der Waals surface area contributed by atoms with Crippen molar-refractivity contribution in [1.82, 2.24) is 4.98 Å². The minimum atomic E-state index is -4.72. The van der Waals surface area contributed by atoms with Gasteiger partial charge in [-0.15, -0.1) is 0 Å². The first-order valence-corrected chi connectivity index (χ1v) is 8.24. The lowest BCUT2D eigenvalue weighted by Crippen LogP contribution is -2.21. The zero-order valence-electron chi connectivity index (χ0n) is 13.0. The highest BCUT2D eigenvalue weighted by molar-refractivity contribution is 9.10. The van der Waals surface area contributed by atoms with Gasteiger partial charge in [0.05, 0.1) is 18.2 Å². The van der Waals surface area contributed by atoms with Gasteiger partial charge >= 0.3 is 12.8 Å². The van der Waals surface area contributed by atoms with Crippen LogP contribution in [0.2, 0.25) is 0 Å². The summed E-state index contributed by atoms with van der Waals surface area (Å²) < 4.78 is 74.2. The first-order valence-electron chi connectivity index (χ1n) is 7.45. The van der Waals surface area contributed by atoms with E-state index in [2.05, 4.69) is 31.0 Å². The van der Waals surface area contributed by atoms with Crippen molar-refractivity contribution in [1.29, 1.82) is 0 Å². The molecule has 0 saturated heterocycles. The van der Waals surface area contributed by atoms with Crippen LogP contribution in [0.3, 0.4) is 0 Å². The second-order valence-electron chi connectivity index (χ2n) is 5.46. The minimum absolute atomic E-state index is 0.195. The molecule has 4 nitrogen and oxygen atoms in total. The molecule has 0 fully saturated rings. The van der Waals surface area contributed by atoms with Crippen molar-refractivity contribution in [3.8, 4) is 11.5 Å². The number of anilines is 1. The number of benzene rings is 1. The Hall–Kier alpha value is -2.10.